The Hall–Kier alpha value is -2.71. The lowest BCUT2D eigenvalue weighted by molar-refractivity contribution is -0.139. The topological polar surface area (TPSA) is 125 Å². The molecule has 1 aromatic carbocycles. The number of anilines is 2. The fourth-order valence-electron chi connectivity index (χ4n) is 4.22. The van der Waals surface area contributed by atoms with E-state index >= 15 is 0 Å². The minimum atomic E-state index is -0.780. The molecule has 0 aliphatic carbocycles. The summed E-state index contributed by atoms with van der Waals surface area (Å²) < 4.78 is 0. The van der Waals surface area contributed by atoms with Crippen LogP contribution in [0, 0.1) is 6.92 Å². The standard InChI is InChI=1S/C26H41N5O3/c1-5-8-21(14-16-32)29-24-23(18(2)28-26(27)30-24)17-19-10-12-20(13-11-19)22(25(33)34)9-6-7-15-31(3)4/h10-13,21-22,32H,5-9,14-17H2,1-4H3,(H,33,34)(H3,27,28,29,30). The highest BCUT2D eigenvalue weighted by Crippen LogP contribution is 2.26. The lowest BCUT2D eigenvalue weighted by Crippen LogP contribution is -2.23. The van der Waals surface area contributed by atoms with Gasteiger partial charge >= 0.3 is 5.97 Å². The molecule has 2 atom stereocenters. The second-order valence-corrected chi connectivity index (χ2v) is 9.24. The summed E-state index contributed by atoms with van der Waals surface area (Å²) >= 11 is 0. The molecule has 2 rings (SSSR count). The Morgan fingerprint density at radius 2 is 1.82 bits per heavy atom. The number of nitrogens with two attached hydrogens (primary N) is 1. The molecule has 5 N–H and O–H groups in total. The van der Waals surface area contributed by atoms with Crippen LogP contribution in [-0.4, -0.2) is 64.3 Å². The Kier molecular flexibility index (Phi) is 11.2. The quantitative estimate of drug-likeness (QED) is 0.289. The van der Waals surface area contributed by atoms with Crippen molar-refractivity contribution in [3.63, 3.8) is 0 Å². The fraction of sp³-hybridized carbons (Fsp3) is 0.577. The van der Waals surface area contributed by atoms with Crippen LogP contribution in [-0.2, 0) is 11.2 Å². The van der Waals surface area contributed by atoms with Crippen molar-refractivity contribution in [1.82, 2.24) is 14.9 Å². The molecule has 2 aromatic rings. The molecule has 0 aliphatic heterocycles. The molecule has 8 nitrogen and oxygen atoms in total. The van der Waals surface area contributed by atoms with Gasteiger partial charge in [0, 0.05) is 30.3 Å². The van der Waals surface area contributed by atoms with Gasteiger partial charge in [-0.2, -0.15) is 4.98 Å². The van der Waals surface area contributed by atoms with E-state index < -0.39 is 11.9 Å². The molecule has 1 heterocycles. The first-order valence-corrected chi connectivity index (χ1v) is 12.2. The van der Waals surface area contributed by atoms with Gasteiger partial charge in [0.2, 0.25) is 5.95 Å². The number of unbranched alkanes of at least 4 members (excludes halogenated alkanes) is 1. The van der Waals surface area contributed by atoms with E-state index in [2.05, 4.69) is 27.1 Å². The van der Waals surface area contributed by atoms with Crippen LogP contribution < -0.4 is 11.1 Å². The summed E-state index contributed by atoms with van der Waals surface area (Å²) in [6.45, 7) is 5.10. The van der Waals surface area contributed by atoms with Gasteiger partial charge in [0.15, 0.2) is 0 Å². The van der Waals surface area contributed by atoms with Gasteiger partial charge < -0.3 is 26.2 Å². The molecule has 0 amide bonds. The van der Waals surface area contributed by atoms with Crippen LogP contribution in [0.1, 0.15) is 73.8 Å². The van der Waals surface area contributed by atoms with E-state index in [4.69, 9.17) is 5.73 Å². The second-order valence-electron chi connectivity index (χ2n) is 9.24. The highest BCUT2D eigenvalue weighted by Gasteiger charge is 2.20. The van der Waals surface area contributed by atoms with Crippen molar-refractivity contribution < 1.29 is 15.0 Å². The Morgan fingerprint density at radius 1 is 1.12 bits per heavy atom. The van der Waals surface area contributed by atoms with Crippen molar-refractivity contribution in [3.8, 4) is 0 Å². The summed E-state index contributed by atoms with van der Waals surface area (Å²) in [4.78, 5) is 22.8. The number of hydrogen-bond acceptors (Lipinski definition) is 7. The predicted octanol–water partition coefficient (Wildman–Crippen LogP) is 3.82. The van der Waals surface area contributed by atoms with Crippen LogP contribution >= 0.6 is 0 Å². The highest BCUT2D eigenvalue weighted by atomic mass is 16.4. The molecular formula is C26H41N5O3. The van der Waals surface area contributed by atoms with Crippen molar-refractivity contribution in [2.75, 3.05) is 38.3 Å². The summed E-state index contributed by atoms with van der Waals surface area (Å²) in [5.41, 5.74) is 9.57. The van der Waals surface area contributed by atoms with Gasteiger partial charge in [-0.25, -0.2) is 4.98 Å². The number of carbonyl (C=O) groups is 1. The number of nitrogen functional groups attached to an aromatic ring is 1. The number of nitrogens with one attached hydrogen (secondary N) is 1. The zero-order valence-corrected chi connectivity index (χ0v) is 21.0. The maximum absolute atomic E-state index is 11.9. The smallest absolute Gasteiger partial charge is 0.310 e. The van der Waals surface area contributed by atoms with Gasteiger partial charge in [0.1, 0.15) is 5.82 Å². The third-order valence-corrected chi connectivity index (χ3v) is 6.10. The molecule has 0 saturated heterocycles. The van der Waals surface area contributed by atoms with Gasteiger partial charge in [-0.1, -0.05) is 44.0 Å². The molecule has 1 aromatic heterocycles. The van der Waals surface area contributed by atoms with Gasteiger partial charge in [-0.05, 0) is 64.4 Å². The molecule has 8 heteroatoms. The Balaban J connectivity index is 2.18. The van der Waals surface area contributed by atoms with Crippen LogP contribution in [0.4, 0.5) is 11.8 Å². The number of rotatable bonds is 15. The molecule has 2 unspecified atom stereocenters. The number of aliphatic hydroxyl groups excluding tert-OH is 1. The lowest BCUT2D eigenvalue weighted by atomic mass is 9.92. The van der Waals surface area contributed by atoms with Crippen molar-refractivity contribution in [2.45, 2.75) is 70.8 Å². The van der Waals surface area contributed by atoms with E-state index in [1.165, 1.54) is 0 Å². The van der Waals surface area contributed by atoms with E-state index in [0.29, 0.717) is 25.1 Å². The van der Waals surface area contributed by atoms with Crippen LogP contribution in [0.2, 0.25) is 0 Å². The van der Waals surface area contributed by atoms with Crippen LogP contribution in [0.5, 0.6) is 0 Å². The Labute approximate surface area is 203 Å². The third kappa shape index (κ3) is 8.57. The summed E-state index contributed by atoms with van der Waals surface area (Å²) in [5.74, 6) is -0.358. The maximum Gasteiger partial charge on any atom is 0.310 e. The molecule has 0 fully saturated rings. The van der Waals surface area contributed by atoms with Gasteiger partial charge in [0.25, 0.3) is 0 Å². The van der Waals surface area contributed by atoms with Gasteiger partial charge in [-0.15, -0.1) is 0 Å². The number of carboxylic acids is 1. The number of aromatic nitrogens is 2. The minimum Gasteiger partial charge on any atom is -0.481 e. The summed E-state index contributed by atoms with van der Waals surface area (Å²) in [6, 6.07) is 7.93. The fourth-order valence-corrected chi connectivity index (χ4v) is 4.22. The zero-order valence-electron chi connectivity index (χ0n) is 21.0. The van der Waals surface area contributed by atoms with Crippen LogP contribution in [0.25, 0.3) is 0 Å². The first-order valence-electron chi connectivity index (χ1n) is 12.2. The largest absolute Gasteiger partial charge is 0.481 e. The van der Waals surface area contributed by atoms with E-state index in [1.807, 2.05) is 45.3 Å². The number of hydrogen-bond donors (Lipinski definition) is 4. The van der Waals surface area contributed by atoms with E-state index in [-0.39, 0.29) is 18.6 Å². The molecule has 0 aliphatic rings. The number of carboxylic acid groups (broad SMARTS) is 1. The molecule has 0 spiro atoms. The highest BCUT2D eigenvalue weighted by molar-refractivity contribution is 5.76. The van der Waals surface area contributed by atoms with E-state index in [0.717, 1.165) is 54.6 Å². The summed E-state index contributed by atoms with van der Waals surface area (Å²) in [7, 11) is 4.05. The number of nitrogens with zero attached hydrogens (tertiary/aromatic N) is 3. The number of benzene rings is 1. The Bertz CT molecular complexity index is 896. The normalized spacial score (nSPS) is 13.1. The van der Waals surface area contributed by atoms with Crippen molar-refractivity contribution in [3.05, 3.63) is 46.6 Å². The molecule has 34 heavy (non-hydrogen) atoms. The lowest BCUT2D eigenvalue weighted by Gasteiger charge is -2.21. The second kappa shape index (κ2) is 13.9. The zero-order chi connectivity index (χ0) is 25.1. The molecule has 0 bridgehead atoms. The third-order valence-electron chi connectivity index (χ3n) is 6.10. The van der Waals surface area contributed by atoms with E-state index in [9.17, 15) is 15.0 Å². The first-order chi connectivity index (χ1) is 16.2. The Morgan fingerprint density at radius 3 is 2.41 bits per heavy atom. The van der Waals surface area contributed by atoms with Gasteiger partial charge in [-0.3, -0.25) is 4.79 Å². The summed E-state index contributed by atoms with van der Waals surface area (Å²) in [6.07, 6.45) is 5.64. The van der Waals surface area contributed by atoms with Crippen molar-refractivity contribution >= 4 is 17.7 Å². The van der Waals surface area contributed by atoms with Crippen molar-refractivity contribution in [2.24, 2.45) is 0 Å². The average molecular weight is 472 g/mol. The predicted molar refractivity (Wildman–Crippen MR) is 137 cm³/mol. The van der Waals surface area contributed by atoms with Crippen LogP contribution in [0.15, 0.2) is 24.3 Å². The maximum atomic E-state index is 11.9. The SMILES string of the molecule is CCCC(CCO)Nc1nc(N)nc(C)c1Cc1ccc(C(CCCCN(C)C)C(=O)O)cc1. The van der Waals surface area contributed by atoms with E-state index in [1.54, 1.807) is 0 Å². The molecule has 0 saturated carbocycles. The molecule has 0 radical (unpaired) electrons. The summed E-state index contributed by atoms with van der Waals surface area (Å²) in [5, 5.41) is 22.6. The number of aliphatic hydroxyl groups is 1. The number of aliphatic carboxylic acids is 1. The molecular weight excluding hydrogens is 430 g/mol. The van der Waals surface area contributed by atoms with Gasteiger partial charge in [0.05, 0.1) is 5.92 Å². The molecule has 188 valence electrons. The minimum absolute atomic E-state index is 0.105. The average Bonchev–Trinajstić information content (AvgIpc) is 2.76. The van der Waals surface area contributed by atoms with Crippen LogP contribution in [0.3, 0.4) is 0 Å². The van der Waals surface area contributed by atoms with Crippen molar-refractivity contribution in [1.29, 1.82) is 0 Å². The first kappa shape index (κ1) is 27.5. The monoisotopic (exact) mass is 471 g/mol. The number of aryl methyl sites for hydroxylation is 1.